The highest BCUT2D eigenvalue weighted by Gasteiger charge is 2.36. The van der Waals surface area contributed by atoms with Crippen LogP contribution >= 0.6 is 11.6 Å². The summed E-state index contributed by atoms with van der Waals surface area (Å²) in [5.41, 5.74) is 3.00. The van der Waals surface area contributed by atoms with Gasteiger partial charge in [-0.15, -0.1) is 0 Å². The number of benzene rings is 2. The molecule has 0 unspecified atom stereocenters. The lowest BCUT2D eigenvalue weighted by molar-refractivity contribution is -0.121. The zero-order valence-corrected chi connectivity index (χ0v) is 12.9. The first kappa shape index (κ1) is 14.5. The Morgan fingerprint density at radius 2 is 1.91 bits per heavy atom. The maximum absolute atomic E-state index is 12.5. The summed E-state index contributed by atoms with van der Waals surface area (Å²) >= 11 is 6.10. The highest BCUT2D eigenvalue weighted by molar-refractivity contribution is 6.58. The summed E-state index contributed by atoms with van der Waals surface area (Å²) in [5, 5.41) is 0.587. The number of aryl methyl sites for hydroxylation is 1. The third-order valence-corrected chi connectivity index (χ3v) is 3.92. The van der Waals surface area contributed by atoms with Crippen LogP contribution in [0.25, 0.3) is 0 Å². The lowest BCUT2D eigenvalue weighted by Crippen LogP contribution is -2.34. The minimum absolute atomic E-state index is 0.255. The number of hydrogen-bond acceptors (Lipinski definition) is 3. The summed E-state index contributed by atoms with van der Waals surface area (Å²) in [6.07, 6.45) is 0. The molecule has 22 heavy (non-hydrogen) atoms. The molecule has 110 valence electrons. The van der Waals surface area contributed by atoms with Crippen molar-refractivity contribution in [2.75, 3.05) is 4.90 Å². The van der Waals surface area contributed by atoms with Crippen molar-refractivity contribution in [1.82, 2.24) is 0 Å². The fourth-order valence-electron chi connectivity index (χ4n) is 2.40. The van der Waals surface area contributed by atoms with Crippen LogP contribution in [0.2, 0.25) is 5.02 Å². The number of amides is 2. The third kappa shape index (κ3) is 2.31. The lowest BCUT2D eigenvalue weighted by atomic mass is 10.1. The van der Waals surface area contributed by atoms with Gasteiger partial charge in [-0.3, -0.25) is 9.59 Å². The molecule has 5 heteroatoms. The molecule has 1 heterocycles. The average Bonchev–Trinajstić information content (AvgIpc) is 2.76. The quantitative estimate of drug-likeness (QED) is 0.807. The van der Waals surface area contributed by atoms with E-state index in [9.17, 15) is 9.59 Å². The van der Waals surface area contributed by atoms with Crippen LogP contribution in [0, 0.1) is 6.92 Å². The molecule has 1 aliphatic rings. The fourth-order valence-corrected chi connectivity index (χ4v) is 2.58. The topological polar surface area (TPSA) is 49.7 Å². The Bertz CT molecular complexity index is 827. The van der Waals surface area contributed by atoms with Crippen molar-refractivity contribution in [2.45, 2.75) is 13.8 Å². The molecule has 0 saturated heterocycles. The number of rotatable bonds is 1. The number of carbonyl (C=O) groups excluding carboxylic acids is 2. The molecule has 1 aliphatic heterocycles. The van der Waals surface area contributed by atoms with Crippen molar-refractivity contribution >= 4 is 40.5 Å². The largest absolute Gasteiger partial charge is 0.284 e. The smallest absolute Gasteiger partial charge is 0.274 e. The summed E-state index contributed by atoms with van der Waals surface area (Å²) in [6, 6.07) is 12.5. The molecule has 2 aromatic carbocycles. The number of para-hydroxylation sites is 1. The van der Waals surface area contributed by atoms with Gasteiger partial charge in [0.05, 0.1) is 11.4 Å². The second-order valence-electron chi connectivity index (χ2n) is 5.07. The van der Waals surface area contributed by atoms with E-state index in [-0.39, 0.29) is 11.6 Å². The maximum Gasteiger partial charge on any atom is 0.284 e. The molecule has 3 rings (SSSR count). The van der Waals surface area contributed by atoms with Gasteiger partial charge < -0.3 is 0 Å². The fraction of sp³-hybridized carbons (Fsp3) is 0.118. The van der Waals surface area contributed by atoms with Crippen LogP contribution in [0.5, 0.6) is 0 Å². The Labute approximate surface area is 133 Å². The first-order valence-electron chi connectivity index (χ1n) is 6.78. The summed E-state index contributed by atoms with van der Waals surface area (Å²) in [7, 11) is 0. The highest BCUT2D eigenvalue weighted by atomic mass is 35.5. The molecule has 0 N–H and O–H groups in total. The van der Waals surface area contributed by atoms with Crippen LogP contribution in [0.15, 0.2) is 47.5 Å². The van der Waals surface area contributed by atoms with Crippen molar-refractivity contribution in [3.63, 3.8) is 0 Å². The van der Waals surface area contributed by atoms with E-state index in [4.69, 9.17) is 11.6 Å². The molecular formula is C17H13ClN2O2. The van der Waals surface area contributed by atoms with Gasteiger partial charge in [0.15, 0.2) is 0 Å². The predicted octanol–water partition coefficient (Wildman–Crippen LogP) is 3.66. The second kappa shape index (κ2) is 5.39. The average molecular weight is 313 g/mol. The minimum atomic E-state index is -0.412. The molecule has 0 radical (unpaired) electrons. The first-order chi connectivity index (χ1) is 10.5. The minimum Gasteiger partial charge on any atom is -0.274 e. The van der Waals surface area contributed by atoms with Crippen molar-refractivity contribution < 1.29 is 9.59 Å². The Hall–Kier alpha value is -2.46. The molecule has 0 aromatic heterocycles. The van der Waals surface area contributed by atoms with Crippen LogP contribution in [-0.2, 0) is 9.59 Å². The van der Waals surface area contributed by atoms with Gasteiger partial charge in [-0.05, 0) is 30.7 Å². The maximum atomic E-state index is 12.5. The number of fused-ring (bicyclic) bond motifs is 1. The zero-order valence-electron chi connectivity index (χ0n) is 12.1. The first-order valence-corrected chi connectivity index (χ1v) is 7.16. The predicted molar refractivity (Wildman–Crippen MR) is 87.0 cm³/mol. The van der Waals surface area contributed by atoms with E-state index in [0.29, 0.717) is 22.0 Å². The molecule has 0 aliphatic carbocycles. The summed E-state index contributed by atoms with van der Waals surface area (Å²) < 4.78 is 0. The Morgan fingerprint density at radius 1 is 1.18 bits per heavy atom. The van der Waals surface area contributed by atoms with Crippen molar-refractivity contribution in [1.29, 1.82) is 0 Å². The Kier molecular flexibility index (Phi) is 3.54. The van der Waals surface area contributed by atoms with Gasteiger partial charge in [0.25, 0.3) is 5.91 Å². The molecule has 0 fully saturated rings. The number of hydrogen-bond donors (Lipinski definition) is 0. The van der Waals surface area contributed by atoms with Crippen molar-refractivity contribution in [2.24, 2.45) is 4.99 Å². The van der Waals surface area contributed by atoms with Crippen LogP contribution in [-0.4, -0.2) is 17.5 Å². The van der Waals surface area contributed by atoms with E-state index in [1.807, 2.05) is 19.1 Å². The van der Waals surface area contributed by atoms with Crippen molar-refractivity contribution in [3.05, 3.63) is 58.6 Å². The summed E-state index contributed by atoms with van der Waals surface area (Å²) in [4.78, 5) is 29.8. The lowest BCUT2D eigenvalue weighted by Gasteiger charge is -2.11. The van der Waals surface area contributed by atoms with Gasteiger partial charge in [-0.2, -0.15) is 0 Å². The van der Waals surface area contributed by atoms with Gasteiger partial charge in [0.2, 0.25) is 5.91 Å². The normalized spacial score (nSPS) is 15.3. The van der Waals surface area contributed by atoms with E-state index < -0.39 is 5.91 Å². The van der Waals surface area contributed by atoms with E-state index in [1.165, 1.54) is 6.92 Å². The number of halogens is 1. The number of anilines is 1. The number of imide groups is 1. The van der Waals surface area contributed by atoms with Crippen LogP contribution in [0.3, 0.4) is 0 Å². The third-order valence-electron chi connectivity index (χ3n) is 3.52. The summed E-state index contributed by atoms with van der Waals surface area (Å²) in [5.74, 6) is -0.741. The SMILES string of the molecule is CC(=O)N1C(=O)C(=Nc2ccc(C)c(Cl)c2)c2ccccc21. The monoisotopic (exact) mass is 312 g/mol. The number of carbonyl (C=O) groups is 2. The van der Waals surface area contributed by atoms with Crippen LogP contribution in [0.1, 0.15) is 18.1 Å². The van der Waals surface area contributed by atoms with E-state index in [0.717, 1.165) is 10.5 Å². The molecule has 0 atom stereocenters. The molecule has 4 nitrogen and oxygen atoms in total. The molecule has 2 amide bonds. The molecule has 0 bridgehead atoms. The number of aliphatic imine (C=N–C) groups is 1. The van der Waals surface area contributed by atoms with Gasteiger partial charge in [0, 0.05) is 17.5 Å². The molecular weight excluding hydrogens is 300 g/mol. The van der Waals surface area contributed by atoms with Gasteiger partial charge in [-0.25, -0.2) is 9.89 Å². The standard InChI is InChI=1S/C17H13ClN2O2/c1-10-7-8-12(9-14(10)18)19-16-13-5-3-4-6-15(13)20(11(2)21)17(16)22/h3-9H,1-2H3. The zero-order chi connectivity index (χ0) is 15.9. The Balaban J connectivity index is 2.14. The van der Waals surface area contributed by atoms with Crippen LogP contribution < -0.4 is 4.90 Å². The van der Waals surface area contributed by atoms with Crippen molar-refractivity contribution in [3.8, 4) is 0 Å². The molecule has 0 saturated carbocycles. The van der Waals surface area contributed by atoms with E-state index in [1.54, 1.807) is 30.3 Å². The van der Waals surface area contributed by atoms with Gasteiger partial charge in [-0.1, -0.05) is 35.9 Å². The van der Waals surface area contributed by atoms with E-state index in [2.05, 4.69) is 4.99 Å². The van der Waals surface area contributed by atoms with E-state index >= 15 is 0 Å². The molecule has 0 spiro atoms. The molecule has 2 aromatic rings. The number of nitrogens with zero attached hydrogens (tertiary/aromatic N) is 2. The van der Waals surface area contributed by atoms with Gasteiger partial charge >= 0.3 is 0 Å². The summed E-state index contributed by atoms with van der Waals surface area (Å²) in [6.45, 7) is 3.26. The Morgan fingerprint density at radius 3 is 2.59 bits per heavy atom. The highest BCUT2D eigenvalue weighted by Crippen LogP contribution is 2.31. The van der Waals surface area contributed by atoms with Gasteiger partial charge in [0.1, 0.15) is 5.71 Å². The van der Waals surface area contributed by atoms with Crippen LogP contribution in [0.4, 0.5) is 11.4 Å². The second-order valence-corrected chi connectivity index (χ2v) is 5.48.